The minimum atomic E-state index is -1.36. The summed E-state index contributed by atoms with van der Waals surface area (Å²) in [6.07, 6.45) is 4.18. The predicted octanol–water partition coefficient (Wildman–Crippen LogP) is 3.81. The summed E-state index contributed by atoms with van der Waals surface area (Å²) in [4.78, 5) is 11.9. The van der Waals surface area contributed by atoms with Gasteiger partial charge in [0.2, 0.25) is 0 Å². The van der Waals surface area contributed by atoms with Crippen LogP contribution in [0.1, 0.15) is 13.8 Å². The number of para-hydroxylation sites is 1. The number of esters is 1. The zero-order chi connectivity index (χ0) is 14.0. The molecule has 0 aliphatic carbocycles. The molecule has 0 radical (unpaired) electrons. The van der Waals surface area contributed by atoms with E-state index < -0.39 is 10.0 Å². The summed E-state index contributed by atoms with van der Waals surface area (Å²) in [5.41, 5.74) is 0.870. The molecule has 1 heterocycles. The first-order valence-electron chi connectivity index (χ1n) is 6.34. The first kappa shape index (κ1) is 14.0. The molecule has 0 saturated heterocycles. The summed E-state index contributed by atoms with van der Waals surface area (Å²) < 4.78 is 11.0. The highest BCUT2D eigenvalue weighted by Crippen LogP contribution is 2.55. The maximum absolute atomic E-state index is 11.9. The Labute approximate surface area is 115 Å². The molecule has 0 fully saturated rings. The number of hydrogen-bond acceptors (Lipinski definition) is 3. The maximum atomic E-state index is 11.9. The minimum Gasteiger partial charge on any atom is -0.465 e. The molecule has 104 valence electrons. The Hall–Kier alpha value is -1.42. The van der Waals surface area contributed by atoms with Gasteiger partial charge in [0.25, 0.3) is 0 Å². The van der Waals surface area contributed by atoms with Crippen molar-refractivity contribution in [1.29, 1.82) is 0 Å². The van der Waals surface area contributed by atoms with Crippen LogP contribution >= 0.6 is 10.0 Å². The van der Waals surface area contributed by atoms with Crippen molar-refractivity contribution in [2.75, 3.05) is 19.1 Å². The van der Waals surface area contributed by atoms with Gasteiger partial charge in [0.15, 0.2) is 0 Å². The van der Waals surface area contributed by atoms with E-state index >= 15 is 0 Å². The van der Waals surface area contributed by atoms with E-state index in [1.807, 2.05) is 44.2 Å². The molecule has 1 atom stereocenters. The molecule has 1 aromatic carbocycles. The van der Waals surface area contributed by atoms with Gasteiger partial charge in [-0.05, 0) is 38.5 Å². The summed E-state index contributed by atoms with van der Waals surface area (Å²) in [6, 6.07) is 9.95. The van der Waals surface area contributed by atoms with Gasteiger partial charge >= 0.3 is 5.97 Å². The number of rotatable bonds is 4. The molecule has 3 nitrogen and oxygen atoms in total. The summed E-state index contributed by atoms with van der Waals surface area (Å²) in [7, 11) is -1.36. The molecule has 4 heteroatoms. The molecule has 0 saturated carbocycles. The second kappa shape index (κ2) is 5.29. The van der Waals surface area contributed by atoms with E-state index in [-0.39, 0.29) is 11.2 Å². The minimum absolute atomic E-state index is 0.150. The largest absolute Gasteiger partial charge is 0.465 e. The van der Waals surface area contributed by atoms with Gasteiger partial charge in [-0.2, -0.15) is 10.0 Å². The first-order chi connectivity index (χ1) is 8.96. The Balaban J connectivity index is 2.34. The second-order valence-corrected chi connectivity index (χ2v) is 8.82. The van der Waals surface area contributed by atoms with E-state index in [9.17, 15) is 4.79 Å². The average Bonchev–Trinajstić information content (AvgIpc) is 2.82. The summed E-state index contributed by atoms with van der Waals surface area (Å²) >= 11 is 0. The number of carbonyl (C=O) groups excluding carboxylic acids is 1. The van der Waals surface area contributed by atoms with E-state index in [2.05, 4.69) is 12.5 Å². The van der Waals surface area contributed by atoms with Gasteiger partial charge in [-0.3, -0.25) is 4.79 Å². The highest BCUT2D eigenvalue weighted by Gasteiger charge is 2.32. The van der Waals surface area contributed by atoms with Crippen molar-refractivity contribution < 1.29 is 13.9 Å². The number of benzene rings is 1. The fourth-order valence-corrected chi connectivity index (χ4v) is 3.52. The van der Waals surface area contributed by atoms with Gasteiger partial charge in [0.05, 0.1) is 11.9 Å². The number of furan rings is 1. The highest BCUT2D eigenvalue weighted by atomic mass is 32.3. The monoisotopic (exact) mass is 280 g/mol. The normalized spacial score (nSPS) is 14.3. The summed E-state index contributed by atoms with van der Waals surface area (Å²) in [6.45, 7) is 4.16. The molecule has 0 aliphatic rings. The van der Waals surface area contributed by atoms with Crippen molar-refractivity contribution in [3.8, 4) is 0 Å². The Morgan fingerprint density at radius 1 is 1.37 bits per heavy atom. The topological polar surface area (TPSA) is 39.4 Å². The van der Waals surface area contributed by atoms with Crippen LogP contribution in [0.4, 0.5) is 0 Å². The Morgan fingerprint density at radius 2 is 2.05 bits per heavy atom. The van der Waals surface area contributed by atoms with Gasteiger partial charge in [-0.1, -0.05) is 18.2 Å². The molecule has 0 spiro atoms. The number of hydrogen-bond donors (Lipinski definition) is 0. The summed E-state index contributed by atoms with van der Waals surface area (Å²) in [5.74, 6) is -0.150. The van der Waals surface area contributed by atoms with Crippen LogP contribution in [0, 0.1) is 0 Å². The lowest BCUT2D eigenvalue weighted by molar-refractivity contribution is -0.142. The van der Waals surface area contributed by atoms with Crippen LogP contribution in [0.15, 0.2) is 39.8 Å². The lowest BCUT2D eigenvalue weighted by Gasteiger charge is -2.33. The van der Waals surface area contributed by atoms with Crippen LogP contribution in [-0.2, 0) is 9.53 Å². The fraction of sp³-hybridized carbons (Fsp3) is 0.400. The summed E-state index contributed by atoms with van der Waals surface area (Å²) in [5, 5.41) is 1.80. The number of fused-ring (bicyclic) bond motifs is 1. The van der Waals surface area contributed by atoms with Gasteiger partial charge in [0.1, 0.15) is 10.7 Å². The lowest BCUT2D eigenvalue weighted by atomic mass is 10.3. The van der Waals surface area contributed by atoms with E-state index in [0.29, 0.717) is 6.61 Å². The van der Waals surface area contributed by atoms with Gasteiger partial charge < -0.3 is 9.15 Å². The van der Waals surface area contributed by atoms with Crippen molar-refractivity contribution in [1.82, 2.24) is 0 Å². The van der Waals surface area contributed by atoms with Crippen molar-refractivity contribution in [2.24, 2.45) is 0 Å². The van der Waals surface area contributed by atoms with Crippen molar-refractivity contribution in [2.45, 2.75) is 24.2 Å². The van der Waals surface area contributed by atoms with Gasteiger partial charge in [-0.15, -0.1) is 0 Å². The second-order valence-electron chi connectivity index (χ2n) is 4.90. The molecule has 0 N–H and O–H groups in total. The zero-order valence-corrected chi connectivity index (χ0v) is 12.6. The van der Waals surface area contributed by atoms with Crippen LogP contribution < -0.4 is 0 Å². The van der Waals surface area contributed by atoms with Crippen molar-refractivity contribution in [3.63, 3.8) is 0 Å². The lowest BCUT2D eigenvalue weighted by Crippen LogP contribution is -2.25. The third kappa shape index (κ3) is 2.63. The smallest absolute Gasteiger partial charge is 0.317 e. The van der Waals surface area contributed by atoms with Crippen LogP contribution in [-0.4, -0.2) is 30.3 Å². The maximum Gasteiger partial charge on any atom is 0.317 e. The first-order valence-corrected chi connectivity index (χ1v) is 8.85. The molecule has 19 heavy (non-hydrogen) atoms. The van der Waals surface area contributed by atoms with Crippen LogP contribution in [0.5, 0.6) is 0 Å². The predicted molar refractivity (Wildman–Crippen MR) is 80.0 cm³/mol. The Morgan fingerprint density at radius 3 is 2.68 bits per heavy atom. The SMILES string of the molecule is CCOC(=O)C(C)S(C)(C)c1cc2ccccc2o1. The Bertz CT molecular complexity index is 553. The van der Waals surface area contributed by atoms with Gasteiger partial charge in [0, 0.05) is 5.39 Å². The zero-order valence-electron chi connectivity index (χ0n) is 11.8. The van der Waals surface area contributed by atoms with E-state index in [1.165, 1.54) is 0 Å². The standard InChI is InChI=1S/C15H20O3S/c1-5-17-15(16)11(2)19(3,4)14-10-12-8-6-7-9-13(12)18-14/h6-11H,5H2,1-4H3. The Kier molecular flexibility index (Phi) is 3.90. The molecule has 2 rings (SSSR count). The molecular weight excluding hydrogens is 260 g/mol. The van der Waals surface area contributed by atoms with Crippen LogP contribution in [0.25, 0.3) is 11.0 Å². The molecular formula is C15H20O3S. The van der Waals surface area contributed by atoms with Crippen molar-refractivity contribution >= 4 is 27.0 Å². The molecule has 1 aromatic heterocycles. The van der Waals surface area contributed by atoms with E-state index in [1.54, 1.807) is 0 Å². The van der Waals surface area contributed by atoms with Gasteiger partial charge in [-0.25, -0.2) is 0 Å². The fourth-order valence-electron chi connectivity index (χ4n) is 1.89. The molecule has 0 aliphatic heterocycles. The number of ether oxygens (including phenoxy) is 1. The molecule has 0 bridgehead atoms. The van der Waals surface area contributed by atoms with Crippen LogP contribution in [0.3, 0.4) is 0 Å². The van der Waals surface area contributed by atoms with Crippen molar-refractivity contribution in [3.05, 3.63) is 30.3 Å². The average molecular weight is 280 g/mol. The molecule has 2 aromatic rings. The van der Waals surface area contributed by atoms with E-state index in [0.717, 1.165) is 16.1 Å². The third-order valence-electron chi connectivity index (χ3n) is 3.42. The molecule has 1 unspecified atom stereocenters. The van der Waals surface area contributed by atoms with Crippen LogP contribution in [0.2, 0.25) is 0 Å². The van der Waals surface area contributed by atoms with E-state index in [4.69, 9.17) is 9.15 Å². The number of carbonyl (C=O) groups is 1. The molecule has 0 amide bonds. The quantitative estimate of drug-likeness (QED) is 0.799. The highest BCUT2D eigenvalue weighted by molar-refractivity contribution is 8.33. The third-order valence-corrected chi connectivity index (χ3v) is 6.62.